The van der Waals surface area contributed by atoms with Gasteiger partial charge in [-0.3, -0.25) is 14.6 Å². The Labute approximate surface area is 252 Å². The summed E-state index contributed by atoms with van der Waals surface area (Å²) in [6.45, 7) is 0.542. The standard InChI is InChI=1S/C31H29Cl2F3N4O2/c1-39-27-17-23(40-13-11-22(12-14-40)31(34,35)36)9-8-21(27)18-37-28(30(39)42)38-29(41)24(20-5-3-2-4-6-20)15-19-7-10-25(32)26(33)16-19/h2-10,16-18,22,24,28H,11-15H2,1H3,(H,38,41)/t24-,28?/m1/s1. The van der Waals surface area contributed by atoms with Crippen molar-refractivity contribution in [2.24, 2.45) is 10.9 Å². The zero-order valence-corrected chi connectivity index (χ0v) is 24.3. The molecule has 0 radical (unpaired) electrons. The second-order valence-corrected chi connectivity index (χ2v) is 11.4. The SMILES string of the molecule is CN1C(=O)C(NC(=O)[C@H](Cc2ccc(Cl)c(Cl)c2)c2ccccc2)N=Cc2ccc(N3CCC(C(F)(F)F)CC3)cc21. The Morgan fingerprint density at radius 2 is 1.74 bits per heavy atom. The summed E-state index contributed by atoms with van der Waals surface area (Å²) in [5.74, 6) is -2.75. The van der Waals surface area contributed by atoms with Crippen LogP contribution < -0.4 is 15.1 Å². The monoisotopic (exact) mass is 616 g/mol. The zero-order chi connectivity index (χ0) is 30.0. The normalized spacial score (nSPS) is 18.4. The Hall–Kier alpha value is -3.56. The van der Waals surface area contributed by atoms with Crippen LogP contribution in [0, 0.1) is 5.92 Å². The van der Waals surface area contributed by atoms with Gasteiger partial charge in [0, 0.05) is 37.6 Å². The average molecular weight is 617 g/mol. The van der Waals surface area contributed by atoms with Crippen LogP contribution in [-0.2, 0) is 16.0 Å². The lowest BCUT2D eigenvalue weighted by atomic mass is 9.91. The lowest BCUT2D eigenvalue weighted by molar-refractivity contribution is -0.179. The first-order chi connectivity index (χ1) is 20.0. The lowest BCUT2D eigenvalue weighted by Crippen LogP contribution is -2.47. The predicted molar refractivity (Wildman–Crippen MR) is 160 cm³/mol. The molecular weight excluding hydrogens is 588 g/mol. The Kier molecular flexibility index (Phi) is 8.80. The molecular formula is C31H29Cl2F3N4O2. The second kappa shape index (κ2) is 12.4. The Morgan fingerprint density at radius 1 is 1.02 bits per heavy atom. The highest BCUT2D eigenvalue weighted by Gasteiger charge is 2.41. The summed E-state index contributed by atoms with van der Waals surface area (Å²) >= 11 is 12.3. The van der Waals surface area contributed by atoms with E-state index in [1.807, 2.05) is 41.3 Å². The number of amides is 2. The molecule has 5 rings (SSSR count). The number of rotatable bonds is 6. The van der Waals surface area contributed by atoms with Crippen LogP contribution in [-0.4, -0.2) is 50.5 Å². The van der Waals surface area contributed by atoms with Gasteiger partial charge in [0.05, 0.1) is 27.6 Å². The fourth-order valence-corrected chi connectivity index (χ4v) is 5.72. The van der Waals surface area contributed by atoms with E-state index in [4.69, 9.17) is 23.2 Å². The summed E-state index contributed by atoms with van der Waals surface area (Å²) in [6, 6.07) is 19.8. The number of carbonyl (C=O) groups excluding carboxylic acids is 2. The van der Waals surface area contributed by atoms with Gasteiger partial charge in [0.1, 0.15) is 0 Å². The van der Waals surface area contributed by atoms with Crippen LogP contribution in [0.2, 0.25) is 10.0 Å². The summed E-state index contributed by atoms with van der Waals surface area (Å²) in [7, 11) is 1.60. The molecule has 6 nitrogen and oxygen atoms in total. The first-order valence-electron chi connectivity index (χ1n) is 13.6. The maximum Gasteiger partial charge on any atom is 0.391 e. The van der Waals surface area contributed by atoms with Gasteiger partial charge in [0.2, 0.25) is 12.1 Å². The summed E-state index contributed by atoms with van der Waals surface area (Å²) in [5.41, 5.74) is 3.52. The van der Waals surface area contributed by atoms with Gasteiger partial charge in [0.15, 0.2) is 0 Å². The number of nitrogens with one attached hydrogen (secondary N) is 1. The molecule has 2 amide bonds. The van der Waals surface area contributed by atoms with Crippen molar-refractivity contribution in [2.75, 3.05) is 29.9 Å². The summed E-state index contributed by atoms with van der Waals surface area (Å²) in [5, 5.41) is 3.61. The molecule has 1 N–H and O–H groups in total. The molecule has 0 saturated carbocycles. The van der Waals surface area contributed by atoms with Crippen LogP contribution in [0.4, 0.5) is 24.5 Å². The minimum atomic E-state index is -4.19. The topological polar surface area (TPSA) is 65.0 Å². The third kappa shape index (κ3) is 6.57. The van der Waals surface area contributed by atoms with Crippen molar-refractivity contribution < 1.29 is 22.8 Å². The molecule has 1 unspecified atom stereocenters. The van der Waals surface area contributed by atoms with Crippen LogP contribution >= 0.6 is 23.2 Å². The van der Waals surface area contributed by atoms with Crippen LogP contribution in [0.5, 0.6) is 0 Å². The highest BCUT2D eigenvalue weighted by atomic mass is 35.5. The van der Waals surface area contributed by atoms with E-state index in [-0.39, 0.29) is 31.8 Å². The van der Waals surface area contributed by atoms with E-state index in [1.165, 1.54) is 11.1 Å². The van der Waals surface area contributed by atoms with Crippen LogP contribution in [0.15, 0.2) is 71.7 Å². The molecule has 220 valence electrons. The molecule has 3 aromatic carbocycles. The number of piperidine rings is 1. The number of anilines is 2. The highest BCUT2D eigenvalue weighted by Crippen LogP contribution is 2.37. The number of hydrogen-bond donors (Lipinski definition) is 1. The van der Waals surface area contributed by atoms with Gasteiger partial charge in [-0.2, -0.15) is 13.2 Å². The predicted octanol–water partition coefficient (Wildman–Crippen LogP) is 6.64. The largest absolute Gasteiger partial charge is 0.391 e. The minimum Gasteiger partial charge on any atom is -0.371 e. The van der Waals surface area contributed by atoms with Crippen molar-refractivity contribution in [1.29, 1.82) is 0 Å². The number of hydrogen-bond acceptors (Lipinski definition) is 4. The van der Waals surface area contributed by atoms with Crippen molar-refractivity contribution >= 4 is 52.6 Å². The number of aliphatic imine (C=N–C) groups is 1. The molecule has 2 aliphatic heterocycles. The lowest BCUT2D eigenvalue weighted by Gasteiger charge is -2.35. The van der Waals surface area contributed by atoms with Crippen LogP contribution in [0.3, 0.4) is 0 Å². The van der Waals surface area contributed by atoms with Crippen molar-refractivity contribution in [2.45, 2.75) is 37.5 Å². The fraction of sp³-hybridized carbons (Fsp3) is 0.323. The van der Waals surface area contributed by atoms with E-state index in [0.717, 1.165) is 16.8 Å². The third-order valence-corrected chi connectivity index (χ3v) is 8.59. The van der Waals surface area contributed by atoms with Gasteiger partial charge in [-0.1, -0.05) is 59.6 Å². The molecule has 3 aromatic rings. The van der Waals surface area contributed by atoms with Crippen molar-refractivity contribution in [1.82, 2.24) is 5.32 Å². The van der Waals surface area contributed by atoms with E-state index < -0.39 is 30.1 Å². The first kappa shape index (κ1) is 29.9. The van der Waals surface area contributed by atoms with E-state index in [9.17, 15) is 22.8 Å². The first-order valence-corrected chi connectivity index (χ1v) is 14.3. The maximum absolute atomic E-state index is 13.7. The summed E-state index contributed by atoms with van der Waals surface area (Å²) in [6.07, 6.45) is -3.45. The number of benzodiazepines with no additional fused rings is 1. The molecule has 2 aliphatic rings. The molecule has 0 aliphatic carbocycles. The van der Waals surface area contributed by atoms with Crippen LogP contribution in [0.25, 0.3) is 0 Å². The summed E-state index contributed by atoms with van der Waals surface area (Å²) < 4.78 is 39.4. The quantitative estimate of drug-likeness (QED) is 0.338. The molecule has 2 heterocycles. The average Bonchev–Trinajstić information content (AvgIpc) is 3.09. The van der Waals surface area contributed by atoms with Crippen molar-refractivity contribution in [3.8, 4) is 0 Å². The highest BCUT2D eigenvalue weighted by molar-refractivity contribution is 6.42. The number of benzene rings is 3. The fourth-order valence-electron chi connectivity index (χ4n) is 5.40. The molecule has 0 bridgehead atoms. The number of likely N-dealkylation sites (N-methyl/N-ethyl adjacent to an activating group) is 1. The molecule has 0 spiro atoms. The van der Waals surface area contributed by atoms with Gasteiger partial charge in [-0.05, 0) is 60.7 Å². The molecule has 1 saturated heterocycles. The zero-order valence-electron chi connectivity index (χ0n) is 22.7. The van der Waals surface area contributed by atoms with Gasteiger partial charge in [-0.15, -0.1) is 0 Å². The van der Waals surface area contributed by atoms with Gasteiger partial charge >= 0.3 is 6.18 Å². The molecule has 1 fully saturated rings. The number of alkyl halides is 3. The Bertz CT molecular complexity index is 1490. The maximum atomic E-state index is 13.7. The number of fused-ring (bicyclic) bond motifs is 1. The molecule has 2 atom stereocenters. The smallest absolute Gasteiger partial charge is 0.371 e. The van der Waals surface area contributed by atoms with Crippen LogP contribution in [0.1, 0.15) is 35.4 Å². The molecule has 0 aromatic heterocycles. The third-order valence-electron chi connectivity index (χ3n) is 7.85. The Balaban J connectivity index is 1.33. The van der Waals surface area contributed by atoms with Gasteiger partial charge in [-0.25, -0.2) is 0 Å². The minimum absolute atomic E-state index is 0.0235. The molecule has 42 heavy (non-hydrogen) atoms. The van der Waals surface area contributed by atoms with Crippen molar-refractivity contribution in [3.63, 3.8) is 0 Å². The second-order valence-electron chi connectivity index (χ2n) is 10.5. The van der Waals surface area contributed by atoms with E-state index in [0.29, 0.717) is 27.7 Å². The van der Waals surface area contributed by atoms with E-state index in [1.54, 1.807) is 37.4 Å². The van der Waals surface area contributed by atoms with Gasteiger partial charge < -0.3 is 15.1 Å². The van der Waals surface area contributed by atoms with E-state index in [2.05, 4.69) is 10.3 Å². The number of halogens is 5. The van der Waals surface area contributed by atoms with Crippen molar-refractivity contribution in [3.05, 3.63) is 93.5 Å². The number of carbonyl (C=O) groups is 2. The van der Waals surface area contributed by atoms with Gasteiger partial charge in [0.25, 0.3) is 5.91 Å². The van der Waals surface area contributed by atoms with E-state index >= 15 is 0 Å². The summed E-state index contributed by atoms with van der Waals surface area (Å²) in [4.78, 5) is 34.9. The molecule has 11 heteroatoms. The number of nitrogens with zero attached hydrogens (tertiary/aromatic N) is 3. The Morgan fingerprint density at radius 3 is 2.40 bits per heavy atom.